The van der Waals surface area contributed by atoms with Gasteiger partial charge in [0.1, 0.15) is 5.82 Å². The molecule has 1 aromatic carbocycles. The summed E-state index contributed by atoms with van der Waals surface area (Å²) in [6.07, 6.45) is 1.43. The summed E-state index contributed by atoms with van der Waals surface area (Å²) in [4.78, 5) is 13.9. The molecule has 0 aliphatic heterocycles. The molecule has 0 atom stereocenters. The van der Waals surface area contributed by atoms with Crippen molar-refractivity contribution in [2.45, 2.75) is 0 Å². The lowest BCUT2D eigenvalue weighted by Gasteiger charge is -2.06. The van der Waals surface area contributed by atoms with Gasteiger partial charge in [0.15, 0.2) is 0 Å². The average molecular weight is 249 g/mol. The van der Waals surface area contributed by atoms with E-state index in [0.29, 0.717) is 0 Å². The minimum absolute atomic E-state index is 0.0345. The van der Waals surface area contributed by atoms with Gasteiger partial charge in [0, 0.05) is 6.20 Å². The molecule has 1 heterocycles. The maximum atomic E-state index is 12.9. The molecule has 7 heteroatoms. The Labute approximate surface area is 101 Å². The van der Waals surface area contributed by atoms with Crippen molar-refractivity contribution in [2.75, 3.05) is 5.73 Å². The number of benzene rings is 1. The van der Waals surface area contributed by atoms with E-state index >= 15 is 0 Å². The SMILES string of the molecule is Nc1cccnc1Oc1ccc(F)cc1[N+](=O)[O-]. The summed E-state index contributed by atoms with van der Waals surface area (Å²) in [5.74, 6) is -0.804. The van der Waals surface area contributed by atoms with E-state index in [2.05, 4.69) is 4.98 Å². The summed E-state index contributed by atoms with van der Waals surface area (Å²) in [7, 11) is 0. The maximum Gasteiger partial charge on any atom is 0.314 e. The van der Waals surface area contributed by atoms with E-state index in [4.69, 9.17) is 10.5 Å². The van der Waals surface area contributed by atoms with Crippen molar-refractivity contribution >= 4 is 11.4 Å². The molecule has 18 heavy (non-hydrogen) atoms. The molecule has 2 N–H and O–H groups in total. The lowest BCUT2D eigenvalue weighted by Crippen LogP contribution is -1.98. The number of halogens is 1. The van der Waals surface area contributed by atoms with E-state index < -0.39 is 16.4 Å². The molecule has 92 valence electrons. The van der Waals surface area contributed by atoms with E-state index in [1.54, 1.807) is 6.07 Å². The second kappa shape index (κ2) is 4.66. The first-order valence-corrected chi connectivity index (χ1v) is 4.90. The third kappa shape index (κ3) is 2.34. The fourth-order valence-electron chi connectivity index (χ4n) is 1.31. The van der Waals surface area contributed by atoms with Gasteiger partial charge >= 0.3 is 5.69 Å². The number of anilines is 1. The summed E-state index contributed by atoms with van der Waals surface area (Å²) in [6, 6.07) is 6.12. The van der Waals surface area contributed by atoms with Crippen LogP contribution in [0.3, 0.4) is 0 Å². The number of aromatic nitrogens is 1. The van der Waals surface area contributed by atoms with Crippen LogP contribution in [0.1, 0.15) is 0 Å². The van der Waals surface area contributed by atoms with Crippen LogP contribution in [0, 0.1) is 15.9 Å². The smallest absolute Gasteiger partial charge is 0.314 e. The predicted molar refractivity (Wildman–Crippen MR) is 61.8 cm³/mol. The lowest BCUT2D eigenvalue weighted by atomic mass is 10.3. The Kier molecular flexibility index (Phi) is 3.05. The van der Waals surface area contributed by atoms with Gasteiger partial charge < -0.3 is 10.5 Å². The highest BCUT2D eigenvalue weighted by molar-refractivity contribution is 5.53. The highest BCUT2D eigenvalue weighted by Crippen LogP contribution is 2.32. The predicted octanol–water partition coefficient (Wildman–Crippen LogP) is 2.50. The molecule has 0 spiro atoms. The molecule has 1 aromatic heterocycles. The first kappa shape index (κ1) is 11.8. The number of nitro groups is 1. The quantitative estimate of drug-likeness (QED) is 0.666. The number of ether oxygens (including phenoxy) is 1. The minimum Gasteiger partial charge on any atom is -0.430 e. The van der Waals surface area contributed by atoms with Gasteiger partial charge in [0.2, 0.25) is 11.6 Å². The van der Waals surface area contributed by atoms with Crippen LogP contribution in [0.4, 0.5) is 15.8 Å². The minimum atomic E-state index is -0.739. The van der Waals surface area contributed by atoms with Crippen LogP contribution in [-0.2, 0) is 0 Å². The van der Waals surface area contributed by atoms with E-state index in [9.17, 15) is 14.5 Å². The Morgan fingerprint density at radius 3 is 2.83 bits per heavy atom. The van der Waals surface area contributed by atoms with Gasteiger partial charge in [-0.05, 0) is 24.3 Å². The summed E-state index contributed by atoms with van der Waals surface area (Å²) < 4.78 is 18.1. The van der Waals surface area contributed by atoms with Crippen LogP contribution >= 0.6 is 0 Å². The Hall–Kier alpha value is -2.70. The molecule has 2 rings (SSSR count). The van der Waals surface area contributed by atoms with E-state index in [1.165, 1.54) is 12.3 Å². The lowest BCUT2D eigenvalue weighted by molar-refractivity contribution is -0.385. The molecule has 0 aliphatic carbocycles. The van der Waals surface area contributed by atoms with Gasteiger partial charge in [-0.3, -0.25) is 10.1 Å². The molecule has 0 unspecified atom stereocenters. The Bertz CT molecular complexity index is 604. The first-order chi connectivity index (χ1) is 8.58. The van der Waals surface area contributed by atoms with Gasteiger partial charge in [-0.25, -0.2) is 9.37 Å². The molecule has 0 bridgehead atoms. The normalized spacial score (nSPS) is 10.1. The number of nitrogen functional groups attached to an aromatic ring is 1. The highest BCUT2D eigenvalue weighted by Gasteiger charge is 2.18. The zero-order chi connectivity index (χ0) is 13.1. The molecular formula is C11H8FN3O3. The molecule has 2 aromatic rings. The van der Waals surface area contributed by atoms with Crippen molar-refractivity contribution in [2.24, 2.45) is 0 Å². The van der Waals surface area contributed by atoms with Gasteiger partial charge in [-0.15, -0.1) is 0 Å². The van der Waals surface area contributed by atoms with Crippen LogP contribution in [0.2, 0.25) is 0 Å². The Morgan fingerprint density at radius 2 is 2.17 bits per heavy atom. The molecule has 0 fully saturated rings. The number of hydrogen-bond acceptors (Lipinski definition) is 5. The second-order valence-electron chi connectivity index (χ2n) is 3.37. The molecule has 0 saturated carbocycles. The molecule has 0 amide bonds. The van der Waals surface area contributed by atoms with Gasteiger partial charge in [-0.1, -0.05) is 0 Å². The fraction of sp³-hybridized carbons (Fsp3) is 0. The van der Waals surface area contributed by atoms with Crippen LogP contribution in [0.25, 0.3) is 0 Å². The maximum absolute atomic E-state index is 12.9. The zero-order valence-corrected chi connectivity index (χ0v) is 9.04. The third-order valence-electron chi connectivity index (χ3n) is 2.12. The van der Waals surface area contributed by atoms with E-state index in [1.807, 2.05) is 0 Å². The molecular weight excluding hydrogens is 241 g/mol. The number of rotatable bonds is 3. The highest BCUT2D eigenvalue weighted by atomic mass is 19.1. The zero-order valence-electron chi connectivity index (χ0n) is 9.04. The van der Waals surface area contributed by atoms with Gasteiger partial charge in [-0.2, -0.15) is 0 Å². The first-order valence-electron chi connectivity index (χ1n) is 4.90. The Balaban J connectivity index is 2.41. The van der Waals surface area contributed by atoms with Crippen LogP contribution in [0.5, 0.6) is 11.6 Å². The van der Waals surface area contributed by atoms with Crippen molar-refractivity contribution < 1.29 is 14.1 Å². The van der Waals surface area contributed by atoms with Gasteiger partial charge in [0.05, 0.1) is 16.7 Å². The second-order valence-corrected chi connectivity index (χ2v) is 3.37. The van der Waals surface area contributed by atoms with Crippen molar-refractivity contribution in [1.82, 2.24) is 4.98 Å². The molecule has 0 aliphatic rings. The van der Waals surface area contributed by atoms with Crippen LogP contribution in [-0.4, -0.2) is 9.91 Å². The summed E-state index contributed by atoms with van der Waals surface area (Å²) in [6.45, 7) is 0. The summed E-state index contributed by atoms with van der Waals surface area (Å²) in [5.41, 5.74) is 5.34. The van der Waals surface area contributed by atoms with Crippen molar-refractivity contribution in [1.29, 1.82) is 0 Å². The van der Waals surface area contributed by atoms with Crippen molar-refractivity contribution in [3.05, 3.63) is 52.5 Å². The number of nitrogens with two attached hydrogens (primary N) is 1. The standard InChI is InChI=1S/C11H8FN3O3/c12-7-3-4-10(9(6-7)15(16)17)18-11-8(13)2-1-5-14-11/h1-6H,13H2. The van der Waals surface area contributed by atoms with Crippen LogP contribution in [0.15, 0.2) is 36.5 Å². The van der Waals surface area contributed by atoms with E-state index in [0.717, 1.165) is 18.2 Å². The molecule has 0 radical (unpaired) electrons. The van der Waals surface area contributed by atoms with Gasteiger partial charge in [0.25, 0.3) is 0 Å². The summed E-state index contributed by atoms with van der Waals surface area (Å²) in [5, 5.41) is 10.8. The monoisotopic (exact) mass is 249 g/mol. The Morgan fingerprint density at radius 1 is 1.39 bits per heavy atom. The number of nitrogens with zero attached hydrogens (tertiary/aromatic N) is 2. The molecule has 6 nitrogen and oxygen atoms in total. The van der Waals surface area contributed by atoms with Crippen LogP contribution < -0.4 is 10.5 Å². The molecule has 0 saturated heterocycles. The van der Waals surface area contributed by atoms with Crippen molar-refractivity contribution in [3.8, 4) is 11.6 Å². The largest absolute Gasteiger partial charge is 0.430 e. The number of pyridine rings is 1. The topological polar surface area (TPSA) is 91.3 Å². The summed E-state index contributed by atoms with van der Waals surface area (Å²) >= 11 is 0. The van der Waals surface area contributed by atoms with Crippen molar-refractivity contribution in [3.63, 3.8) is 0 Å². The number of nitro benzene ring substituents is 1. The number of hydrogen-bond donors (Lipinski definition) is 1. The third-order valence-corrected chi connectivity index (χ3v) is 2.12. The fourth-order valence-corrected chi connectivity index (χ4v) is 1.31. The van der Waals surface area contributed by atoms with E-state index in [-0.39, 0.29) is 17.3 Å². The average Bonchev–Trinajstić information content (AvgIpc) is 2.34.